The summed E-state index contributed by atoms with van der Waals surface area (Å²) in [4.78, 5) is 19.1. The molecule has 1 aliphatic carbocycles. The van der Waals surface area contributed by atoms with Crippen LogP contribution in [0.1, 0.15) is 50.3 Å². The van der Waals surface area contributed by atoms with Crippen LogP contribution in [0.15, 0.2) is 47.5 Å². The van der Waals surface area contributed by atoms with Crippen LogP contribution in [-0.2, 0) is 22.6 Å². The Hall–Kier alpha value is -2.33. The predicted octanol–water partition coefficient (Wildman–Crippen LogP) is 5.59. The quantitative estimate of drug-likeness (QED) is 0.259. The fourth-order valence-corrected chi connectivity index (χ4v) is 3.45. The highest BCUT2D eigenvalue weighted by Crippen LogP contribution is 2.35. The van der Waals surface area contributed by atoms with E-state index >= 15 is 0 Å². The number of hydrogen-bond donors (Lipinski definition) is 2. The van der Waals surface area contributed by atoms with Crippen molar-refractivity contribution in [3.63, 3.8) is 0 Å². The molecule has 8 heteroatoms. The molecule has 3 rings (SSSR count). The lowest BCUT2D eigenvalue weighted by Crippen LogP contribution is -2.38. The number of nitrogens with one attached hydrogen (secondary N) is 1. The minimum atomic E-state index is -0.529. The van der Waals surface area contributed by atoms with E-state index in [4.69, 9.17) is 15.2 Å². The Morgan fingerprint density at radius 3 is 2.52 bits per heavy atom. The van der Waals surface area contributed by atoms with E-state index in [1.165, 1.54) is 0 Å². The summed E-state index contributed by atoms with van der Waals surface area (Å²) in [5, 5.41) is 3.15. The van der Waals surface area contributed by atoms with Gasteiger partial charge in [0.15, 0.2) is 5.96 Å². The topological polar surface area (TPSA) is 89.2 Å². The highest BCUT2D eigenvalue weighted by atomic mass is 127. The van der Waals surface area contributed by atoms with Crippen molar-refractivity contribution in [2.75, 3.05) is 17.3 Å². The Bertz CT molecular complexity index is 984. The standard InChI is InChI=1S/C25H34N4O3.HI/c1-17-14-18(15-27-23(26)28-21-9-7-6-8-19(21)16-31-5)10-13-22(17)29(20-11-12-20)24(30)32-25(2,3)4;/h6-10,13-14,20H,11-12,15-16H2,1-5H3,(H3,26,27,28);1H. The first-order chi connectivity index (χ1) is 15.2. The third kappa shape index (κ3) is 7.89. The van der Waals surface area contributed by atoms with Crippen molar-refractivity contribution in [3.8, 4) is 0 Å². The van der Waals surface area contributed by atoms with Gasteiger partial charge in [0.2, 0.25) is 0 Å². The van der Waals surface area contributed by atoms with Gasteiger partial charge in [-0.25, -0.2) is 9.79 Å². The number of rotatable bonds is 7. The third-order valence-corrected chi connectivity index (χ3v) is 5.03. The van der Waals surface area contributed by atoms with Gasteiger partial charge in [-0.3, -0.25) is 4.90 Å². The SMILES string of the molecule is COCc1ccccc1NC(N)=NCc1ccc(N(C(=O)OC(C)(C)C)C2CC2)c(C)c1.I. The first kappa shape index (κ1) is 26.9. The Morgan fingerprint density at radius 2 is 1.91 bits per heavy atom. The minimum absolute atomic E-state index is 0. The molecule has 7 nitrogen and oxygen atoms in total. The molecule has 0 atom stereocenters. The van der Waals surface area contributed by atoms with Crippen LogP contribution in [-0.4, -0.2) is 30.8 Å². The molecule has 0 heterocycles. The van der Waals surface area contributed by atoms with Gasteiger partial charge in [0, 0.05) is 24.4 Å². The summed E-state index contributed by atoms with van der Waals surface area (Å²) in [5.41, 5.74) is 10.4. The van der Waals surface area contributed by atoms with Gasteiger partial charge in [0.1, 0.15) is 5.60 Å². The van der Waals surface area contributed by atoms with E-state index in [2.05, 4.69) is 10.3 Å². The number of methoxy groups -OCH3 is 1. The van der Waals surface area contributed by atoms with Crippen molar-refractivity contribution in [2.24, 2.45) is 10.7 Å². The lowest BCUT2D eigenvalue weighted by molar-refractivity contribution is 0.0577. The minimum Gasteiger partial charge on any atom is -0.443 e. The maximum Gasteiger partial charge on any atom is 0.415 e. The van der Waals surface area contributed by atoms with Crippen molar-refractivity contribution < 1.29 is 14.3 Å². The number of anilines is 2. The number of aryl methyl sites for hydroxylation is 1. The van der Waals surface area contributed by atoms with E-state index < -0.39 is 5.60 Å². The Morgan fingerprint density at radius 1 is 1.21 bits per heavy atom. The maximum atomic E-state index is 12.8. The van der Waals surface area contributed by atoms with E-state index in [-0.39, 0.29) is 36.1 Å². The van der Waals surface area contributed by atoms with Crippen molar-refractivity contribution in [1.29, 1.82) is 0 Å². The van der Waals surface area contributed by atoms with Crippen molar-refractivity contribution in [2.45, 2.75) is 65.3 Å². The van der Waals surface area contributed by atoms with Crippen LogP contribution >= 0.6 is 24.0 Å². The Labute approximate surface area is 213 Å². The number of para-hydroxylation sites is 1. The number of amides is 1. The zero-order valence-electron chi connectivity index (χ0n) is 20.1. The lowest BCUT2D eigenvalue weighted by atomic mass is 10.1. The summed E-state index contributed by atoms with van der Waals surface area (Å²) in [5.74, 6) is 0.337. The Kier molecular flexibility index (Phi) is 9.54. The van der Waals surface area contributed by atoms with Crippen LogP contribution in [0.2, 0.25) is 0 Å². The van der Waals surface area contributed by atoms with Gasteiger partial charge in [-0.2, -0.15) is 0 Å². The number of hydrogen-bond acceptors (Lipinski definition) is 4. The summed E-state index contributed by atoms with van der Waals surface area (Å²) in [6, 6.07) is 14.0. The van der Waals surface area contributed by atoms with Crippen molar-refractivity contribution >= 4 is 47.4 Å². The smallest absolute Gasteiger partial charge is 0.415 e. The predicted molar refractivity (Wildman–Crippen MR) is 144 cm³/mol. The van der Waals surface area contributed by atoms with Gasteiger partial charge < -0.3 is 20.5 Å². The van der Waals surface area contributed by atoms with Crippen LogP contribution in [0, 0.1) is 6.92 Å². The van der Waals surface area contributed by atoms with E-state index in [1.807, 2.05) is 70.2 Å². The molecule has 1 saturated carbocycles. The number of carbonyl (C=O) groups excluding carboxylic acids is 1. The van der Waals surface area contributed by atoms with Crippen LogP contribution in [0.4, 0.5) is 16.2 Å². The summed E-state index contributed by atoms with van der Waals surface area (Å²) in [6.45, 7) is 8.58. The Balaban J connectivity index is 0.00000385. The summed E-state index contributed by atoms with van der Waals surface area (Å²) < 4.78 is 10.9. The molecular formula is C25H35IN4O3. The fourth-order valence-electron chi connectivity index (χ4n) is 3.45. The largest absolute Gasteiger partial charge is 0.443 e. The van der Waals surface area contributed by atoms with Crippen LogP contribution < -0.4 is 16.0 Å². The zero-order valence-corrected chi connectivity index (χ0v) is 22.4. The van der Waals surface area contributed by atoms with Crippen molar-refractivity contribution in [1.82, 2.24) is 0 Å². The first-order valence-electron chi connectivity index (χ1n) is 10.9. The zero-order chi connectivity index (χ0) is 23.3. The molecule has 0 unspecified atom stereocenters. The molecule has 3 N–H and O–H groups in total. The molecule has 0 aromatic heterocycles. The molecule has 1 amide bonds. The normalized spacial score (nSPS) is 13.8. The molecule has 33 heavy (non-hydrogen) atoms. The highest BCUT2D eigenvalue weighted by Gasteiger charge is 2.37. The number of nitrogens with two attached hydrogens (primary N) is 1. The number of nitrogens with zero attached hydrogens (tertiary/aromatic N) is 2. The molecule has 0 spiro atoms. The van der Waals surface area contributed by atoms with Gasteiger partial charge in [-0.05, 0) is 63.8 Å². The number of halogens is 1. The molecule has 0 saturated heterocycles. The number of ether oxygens (including phenoxy) is 2. The second-order valence-electron chi connectivity index (χ2n) is 9.12. The summed E-state index contributed by atoms with van der Waals surface area (Å²) in [6.07, 6.45) is 1.70. The van der Waals surface area contributed by atoms with Gasteiger partial charge in [0.25, 0.3) is 0 Å². The van der Waals surface area contributed by atoms with Gasteiger partial charge >= 0.3 is 6.09 Å². The molecule has 0 bridgehead atoms. The van der Waals surface area contributed by atoms with E-state index in [0.717, 1.165) is 40.9 Å². The van der Waals surface area contributed by atoms with Crippen LogP contribution in [0.3, 0.4) is 0 Å². The fraction of sp³-hybridized carbons (Fsp3) is 0.440. The van der Waals surface area contributed by atoms with Crippen molar-refractivity contribution in [3.05, 3.63) is 59.2 Å². The third-order valence-electron chi connectivity index (χ3n) is 5.03. The van der Waals surface area contributed by atoms with Crippen LogP contribution in [0.5, 0.6) is 0 Å². The van der Waals surface area contributed by atoms with Gasteiger partial charge in [-0.15, -0.1) is 24.0 Å². The average molecular weight is 566 g/mol. The maximum absolute atomic E-state index is 12.8. The van der Waals surface area contributed by atoms with E-state index in [0.29, 0.717) is 19.1 Å². The van der Waals surface area contributed by atoms with E-state index in [1.54, 1.807) is 12.0 Å². The van der Waals surface area contributed by atoms with Crippen LogP contribution in [0.25, 0.3) is 0 Å². The molecule has 180 valence electrons. The summed E-state index contributed by atoms with van der Waals surface area (Å²) in [7, 11) is 1.66. The monoisotopic (exact) mass is 566 g/mol. The van der Waals surface area contributed by atoms with Gasteiger partial charge in [-0.1, -0.05) is 30.3 Å². The highest BCUT2D eigenvalue weighted by molar-refractivity contribution is 14.0. The molecular weight excluding hydrogens is 531 g/mol. The number of benzene rings is 2. The first-order valence-corrected chi connectivity index (χ1v) is 10.9. The second-order valence-corrected chi connectivity index (χ2v) is 9.12. The molecule has 0 radical (unpaired) electrons. The molecule has 2 aromatic carbocycles. The molecule has 1 fully saturated rings. The second kappa shape index (κ2) is 11.7. The van der Waals surface area contributed by atoms with E-state index in [9.17, 15) is 4.79 Å². The molecule has 0 aliphatic heterocycles. The summed E-state index contributed by atoms with van der Waals surface area (Å²) >= 11 is 0. The number of guanidine groups is 1. The number of aliphatic imine (C=N–C) groups is 1. The number of carbonyl (C=O) groups is 1. The molecule has 1 aliphatic rings. The van der Waals surface area contributed by atoms with Gasteiger partial charge in [0.05, 0.1) is 18.8 Å². The lowest BCUT2D eigenvalue weighted by Gasteiger charge is -2.28. The molecule has 2 aromatic rings. The average Bonchev–Trinajstić information content (AvgIpc) is 3.53.